The topological polar surface area (TPSA) is 86.7 Å². The summed E-state index contributed by atoms with van der Waals surface area (Å²) in [6.07, 6.45) is 0.516. The number of aliphatic carboxylic acids is 1. The Morgan fingerprint density at radius 2 is 1.73 bits per heavy atom. The fourth-order valence-corrected chi connectivity index (χ4v) is 4.84. The van der Waals surface area contributed by atoms with Gasteiger partial charge in [0.2, 0.25) is 10.0 Å². The Kier molecular flexibility index (Phi) is 8.29. The second-order valence-corrected chi connectivity index (χ2v) is 10.0. The molecule has 0 aromatic heterocycles. The second kappa shape index (κ2) is 10.1. The number of piperidine rings is 1. The summed E-state index contributed by atoms with van der Waals surface area (Å²) >= 11 is 0. The number of rotatable bonds is 6. The maximum absolute atomic E-state index is 11.6. The van der Waals surface area contributed by atoms with Crippen molar-refractivity contribution in [2.45, 2.75) is 51.2 Å². The first kappa shape index (κ1) is 24.6. The van der Waals surface area contributed by atoms with Crippen molar-refractivity contribution < 1.29 is 31.5 Å². The Balaban J connectivity index is 0.000000396. The van der Waals surface area contributed by atoms with Crippen LogP contribution in [0, 0.1) is 5.41 Å². The van der Waals surface area contributed by atoms with Crippen molar-refractivity contribution in [2.24, 2.45) is 5.41 Å². The molecule has 2 fully saturated rings. The van der Waals surface area contributed by atoms with Crippen LogP contribution in [-0.2, 0) is 21.2 Å². The van der Waals surface area contributed by atoms with Gasteiger partial charge in [-0.05, 0) is 63.1 Å². The molecule has 0 amide bonds. The summed E-state index contributed by atoms with van der Waals surface area (Å²) in [5.41, 5.74) is 1.81. The lowest BCUT2D eigenvalue weighted by Crippen LogP contribution is -2.55. The fraction of sp³-hybridized carbons (Fsp3) is 0.650. The number of hydrogen-bond acceptors (Lipinski definition) is 4. The first-order valence-corrected chi connectivity index (χ1v) is 11.7. The second-order valence-electron chi connectivity index (χ2n) is 8.01. The number of carboxylic acids is 1. The van der Waals surface area contributed by atoms with Gasteiger partial charge in [0.1, 0.15) is 0 Å². The molecule has 6 nitrogen and oxygen atoms in total. The number of hydrogen-bond donors (Lipinski definition) is 2. The molecule has 10 heteroatoms. The Morgan fingerprint density at radius 1 is 1.20 bits per heavy atom. The Labute approximate surface area is 175 Å². The summed E-state index contributed by atoms with van der Waals surface area (Å²) in [5, 5.41) is 7.12. The summed E-state index contributed by atoms with van der Waals surface area (Å²) in [4.78, 5) is 11.5. The van der Waals surface area contributed by atoms with Crippen LogP contribution in [0.25, 0.3) is 0 Å². The first-order chi connectivity index (χ1) is 13.9. The molecule has 30 heavy (non-hydrogen) atoms. The molecule has 1 aromatic rings. The zero-order chi connectivity index (χ0) is 22.4. The van der Waals surface area contributed by atoms with E-state index in [0.717, 1.165) is 38.9 Å². The van der Waals surface area contributed by atoms with Gasteiger partial charge in [-0.25, -0.2) is 17.9 Å². The Morgan fingerprint density at radius 3 is 2.20 bits per heavy atom. The van der Waals surface area contributed by atoms with Crippen molar-refractivity contribution >= 4 is 16.0 Å². The van der Waals surface area contributed by atoms with Gasteiger partial charge in [0.05, 0.1) is 5.75 Å². The molecule has 1 saturated heterocycles. The molecular weight excluding hydrogens is 421 g/mol. The van der Waals surface area contributed by atoms with Crippen LogP contribution in [0.15, 0.2) is 30.3 Å². The van der Waals surface area contributed by atoms with Crippen molar-refractivity contribution in [3.05, 3.63) is 35.9 Å². The minimum atomic E-state index is -5.08. The summed E-state index contributed by atoms with van der Waals surface area (Å²) in [5.74, 6) is -2.57. The third kappa shape index (κ3) is 7.55. The van der Waals surface area contributed by atoms with E-state index in [4.69, 9.17) is 9.90 Å². The number of sulfonamides is 1. The Bertz CT molecular complexity index is 784. The molecule has 170 valence electrons. The normalized spacial score (nSPS) is 19.6. The van der Waals surface area contributed by atoms with Crippen molar-refractivity contribution in [3.8, 4) is 0 Å². The van der Waals surface area contributed by atoms with E-state index < -0.39 is 22.2 Å². The average Bonchev–Trinajstić information content (AvgIpc) is 2.66. The van der Waals surface area contributed by atoms with E-state index in [1.807, 2.05) is 0 Å². The monoisotopic (exact) mass is 450 g/mol. The molecule has 1 aliphatic carbocycles. The van der Waals surface area contributed by atoms with Gasteiger partial charge in [-0.15, -0.1) is 0 Å². The number of nitrogens with zero attached hydrogens (tertiary/aromatic N) is 1. The number of carboxylic acid groups (broad SMARTS) is 1. The zero-order valence-electron chi connectivity index (χ0n) is 17.0. The molecule has 0 atom stereocenters. The lowest BCUT2D eigenvalue weighted by Gasteiger charge is -2.52. The lowest BCUT2D eigenvalue weighted by molar-refractivity contribution is -0.192. The highest BCUT2D eigenvalue weighted by Gasteiger charge is 2.46. The number of carbonyl (C=O) groups is 1. The van der Waals surface area contributed by atoms with Crippen LogP contribution in [0.3, 0.4) is 0 Å². The third-order valence-electron chi connectivity index (χ3n) is 5.80. The molecule has 2 aliphatic rings. The maximum atomic E-state index is 11.6. The van der Waals surface area contributed by atoms with E-state index in [-0.39, 0.29) is 11.8 Å². The van der Waals surface area contributed by atoms with E-state index in [1.165, 1.54) is 18.4 Å². The smallest absolute Gasteiger partial charge is 0.475 e. The van der Waals surface area contributed by atoms with Crippen LogP contribution in [-0.4, -0.2) is 62.0 Å². The molecule has 2 N–H and O–H groups in total. The molecule has 0 radical (unpaired) electrons. The van der Waals surface area contributed by atoms with Crippen LogP contribution < -0.4 is 4.72 Å². The van der Waals surface area contributed by atoms with Crippen molar-refractivity contribution in [1.29, 1.82) is 0 Å². The Hall–Kier alpha value is -1.65. The lowest BCUT2D eigenvalue weighted by atomic mass is 9.60. The van der Waals surface area contributed by atoms with Crippen LogP contribution in [0.5, 0.6) is 0 Å². The molecule has 1 saturated carbocycles. The summed E-state index contributed by atoms with van der Waals surface area (Å²) < 4.78 is 57.8. The molecule has 1 aliphatic heterocycles. The van der Waals surface area contributed by atoms with Gasteiger partial charge in [-0.2, -0.15) is 13.2 Å². The highest BCUT2D eigenvalue weighted by molar-refractivity contribution is 7.89. The van der Waals surface area contributed by atoms with Gasteiger partial charge in [-0.1, -0.05) is 30.3 Å². The number of alkyl halides is 3. The van der Waals surface area contributed by atoms with Crippen molar-refractivity contribution in [2.75, 3.05) is 25.4 Å². The highest BCUT2D eigenvalue weighted by Crippen LogP contribution is 2.49. The molecule has 1 aromatic carbocycles. The van der Waals surface area contributed by atoms with Gasteiger partial charge in [0.25, 0.3) is 0 Å². The molecule has 1 spiro atoms. The number of halogens is 3. The predicted molar refractivity (Wildman–Crippen MR) is 108 cm³/mol. The van der Waals surface area contributed by atoms with E-state index in [0.29, 0.717) is 5.41 Å². The number of benzene rings is 1. The van der Waals surface area contributed by atoms with Gasteiger partial charge in [0, 0.05) is 12.6 Å². The molecular formula is C20H29F3N2O4S. The van der Waals surface area contributed by atoms with Crippen LogP contribution in [0.2, 0.25) is 0 Å². The van der Waals surface area contributed by atoms with Gasteiger partial charge >= 0.3 is 12.1 Å². The fourth-order valence-electron chi connectivity index (χ4n) is 4.00. The van der Waals surface area contributed by atoms with Crippen molar-refractivity contribution in [3.63, 3.8) is 0 Å². The summed E-state index contributed by atoms with van der Waals surface area (Å²) in [7, 11) is -3.05. The summed E-state index contributed by atoms with van der Waals surface area (Å²) in [6, 6.07) is 10.8. The first-order valence-electron chi connectivity index (χ1n) is 10.0. The highest BCUT2D eigenvalue weighted by atomic mass is 32.2. The van der Waals surface area contributed by atoms with E-state index in [2.05, 4.69) is 40.0 Å². The standard InChI is InChI=1S/C18H28N2O2S.C2HF3O2/c1-2-23(21,22)19-17-14-18(15-17)9-12-20(13-10-18)11-8-16-6-4-3-5-7-16;3-2(4,5)1(6)7/h3-7,17,19H,2,8-15H2,1H3;(H,6,7). The largest absolute Gasteiger partial charge is 0.490 e. The predicted octanol–water partition coefficient (Wildman–Crippen LogP) is 3.05. The van der Waals surface area contributed by atoms with Gasteiger partial charge in [-0.3, -0.25) is 0 Å². The SMILES string of the molecule is CCS(=O)(=O)NC1CC2(CCN(CCc3ccccc3)CC2)C1.O=C(O)C(F)(F)F. The minimum absolute atomic E-state index is 0.177. The molecule has 1 heterocycles. The van der Waals surface area contributed by atoms with E-state index >= 15 is 0 Å². The number of nitrogens with one attached hydrogen (secondary N) is 1. The minimum Gasteiger partial charge on any atom is -0.475 e. The quantitative estimate of drug-likeness (QED) is 0.696. The third-order valence-corrected chi connectivity index (χ3v) is 7.26. The van der Waals surface area contributed by atoms with E-state index in [1.54, 1.807) is 6.92 Å². The van der Waals surface area contributed by atoms with E-state index in [9.17, 15) is 21.6 Å². The molecule has 3 rings (SSSR count). The van der Waals surface area contributed by atoms with Crippen LogP contribution in [0.1, 0.15) is 38.2 Å². The van der Waals surface area contributed by atoms with Crippen molar-refractivity contribution in [1.82, 2.24) is 9.62 Å². The van der Waals surface area contributed by atoms with Gasteiger partial charge in [0.15, 0.2) is 0 Å². The van der Waals surface area contributed by atoms with Gasteiger partial charge < -0.3 is 10.0 Å². The van der Waals surface area contributed by atoms with Crippen LogP contribution in [0.4, 0.5) is 13.2 Å². The summed E-state index contributed by atoms with van der Waals surface area (Å²) in [6.45, 7) is 5.13. The number of likely N-dealkylation sites (tertiary alicyclic amines) is 1. The average molecular weight is 451 g/mol. The molecule has 0 unspecified atom stereocenters. The van der Waals surface area contributed by atoms with Crippen LogP contribution >= 0.6 is 0 Å². The zero-order valence-corrected chi connectivity index (χ0v) is 17.8. The maximum Gasteiger partial charge on any atom is 0.490 e. The molecule has 0 bridgehead atoms.